The van der Waals surface area contributed by atoms with E-state index in [9.17, 15) is 9.50 Å². The van der Waals surface area contributed by atoms with Gasteiger partial charge in [-0.1, -0.05) is 22.0 Å². The number of nitrogens with zero attached hydrogens (tertiary/aromatic N) is 1. The van der Waals surface area contributed by atoms with E-state index in [-0.39, 0.29) is 6.61 Å². The van der Waals surface area contributed by atoms with Crippen LogP contribution in [-0.4, -0.2) is 10.1 Å². The summed E-state index contributed by atoms with van der Waals surface area (Å²) in [5, 5.41) is 9.67. The van der Waals surface area contributed by atoms with Gasteiger partial charge in [-0.3, -0.25) is 4.98 Å². The number of aliphatic hydroxyl groups excluding tert-OH is 1. The van der Waals surface area contributed by atoms with Crippen LogP contribution >= 0.6 is 15.9 Å². The minimum Gasteiger partial charge on any atom is -0.488 e. The lowest BCUT2D eigenvalue weighted by Crippen LogP contribution is -2.01. The van der Waals surface area contributed by atoms with Crippen LogP contribution in [0.15, 0.2) is 41.1 Å². The SMILES string of the molecule is C[C@H](O)c1ccc(Br)cc1OCc1cncc(F)c1. The third-order valence-corrected chi connectivity index (χ3v) is 3.07. The summed E-state index contributed by atoms with van der Waals surface area (Å²) in [6, 6.07) is 6.76. The average Bonchev–Trinajstić information content (AvgIpc) is 2.36. The molecule has 1 aromatic carbocycles. The Morgan fingerprint density at radius 3 is 2.84 bits per heavy atom. The van der Waals surface area contributed by atoms with Gasteiger partial charge in [0, 0.05) is 21.8 Å². The standard InChI is InChI=1S/C14H13BrFNO2/c1-9(18)13-3-2-11(15)5-14(13)19-8-10-4-12(16)7-17-6-10/h2-7,9,18H,8H2,1H3/t9-/m0/s1. The van der Waals surface area contributed by atoms with Crippen molar-refractivity contribution in [3.8, 4) is 5.75 Å². The third-order valence-electron chi connectivity index (χ3n) is 2.58. The van der Waals surface area contributed by atoms with Crippen molar-refractivity contribution in [2.24, 2.45) is 0 Å². The topological polar surface area (TPSA) is 42.4 Å². The second-order valence-electron chi connectivity index (χ2n) is 4.16. The van der Waals surface area contributed by atoms with Crippen LogP contribution in [0.3, 0.4) is 0 Å². The first kappa shape index (κ1) is 14.0. The maximum absolute atomic E-state index is 13.0. The molecule has 2 aromatic rings. The number of rotatable bonds is 4. The first-order valence-electron chi connectivity index (χ1n) is 5.76. The van der Waals surface area contributed by atoms with Crippen LogP contribution < -0.4 is 4.74 Å². The van der Waals surface area contributed by atoms with Crippen molar-refractivity contribution in [1.29, 1.82) is 0 Å². The van der Waals surface area contributed by atoms with Crippen LogP contribution in [0.1, 0.15) is 24.2 Å². The van der Waals surface area contributed by atoms with Crippen molar-refractivity contribution >= 4 is 15.9 Å². The summed E-state index contributed by atoms with van der Waals surface area (Å²) in [6.45, 7) is 1.86. The summed E-state index contributed by atoms with van der Waals surface area (Å²) in [5.74, 6) is 0.166. The van der Waals surface area contributed by atoms with Crippen molar-refractivity contribution in [2.45, 2.75) is 19.6 Å². The van der Waals surface area contributed by atoms with E-state index in [0.717, 1.165) is 10.7 Å². The summed E-state index contributed by atoms with van der Waals surface area (Å²) in [6.07, 6.45) is 2.06. The van der Waals surface area contributed by atoms with Crippen molar-refractivity contribution in [3.05, 3.63) is 58.1 Å². The van der Waals surface area contributed by atoms with E-state index in [1.54, 1.807) is 25.3 Å². The zero-order chi connectivity index (χ0) is 13.8. The number of benzene rings is 1. The maximum Gasteiger partial charge on any atom is 0.141 e. The molecule has 2 rings (SSSR count). The Bertz CT molecular complexity index is 575. The number of pyridine rings is 1. The predicted octanol–water partition coefficient (Wildman–Crippen LogP) is 3.62. The molecule has 0 spiro atoms. The van der Waals surface area contributed by atoms with Crippen LogP contribution in [0.5, 0.6) is 5.75 Å². The molecule has 0 radical (unpaired) electrons. The molecule has 1 atom stereocenters. The molecule has 19 heavy (non-hydrogen) atoms. The minimum absolute atomic E-state index is 0.195. The predicted molar refractivity (Wildman–Crippen MR) is 73.3 cm³/mol. The molecule has 0 saturated carbocycles. The Balaban J connectivity index is 2.17. The van der Waals surface area contributed by atoms with Crippen LogP contribution in [-0.2, 0) is 6.61 Å². The van der Waals surface area contributed by atoms with Gasteiger partial charge >= 0.3 is 0 Å². The minimum atomic E-state index is -0.631. The molecule has 1 N–H and O–H groups in total. The highest BCUT2D eigenvalue weighted by Crippen LogP contribution is 2.29. The fraction of sp³-hybridized carbons (Fsp3) is 0.214. The fourth-order valence-corrected chi connectivity index (χ4v) is 2.01. The molecular formula is C14H13BrFNO2. The number of halogens is 2. The molecule has 100 valence electrons. The third kappa shape index (κ3) is 3.75. The van der Waals surface area contributed by atoms with Gasteiger partial charge in [-0.2, -0.15) is 0 Å². The van der Waals surface area contributed by atoms with Gasteiger partial charge in [0.15, 0.2) is 0 Å². The molecule has 1 heterocycles. The molecule has 1 aromatic heterocycles. The Labute approximate surface area is 119 Å². The largest absolute Gasteiger partial charge is 0.488 e. The molecule has 0 aliphatic heterocycles. The zero-order valence-electron chi connectivity index (χ0n) is 10.3. The van der Waals surface area contributed by atoms with Gasteiger partial charge in [0.05, 0.1) is 12.3 Å². The molecule has 0 saturated heterocycles. The van der Waals surface area contributed by atoms with Gasteiger partial charge in [-0.25, -0.2) is 4.39 Å². The van der Waals surface area contributed by atoms with Crippen LogP contribution in [0, 0.1) is 5.82 Å². The lowest BCUT2D eigenvalue weighted by atomic mass is 10.1. The molecule has 0 amide bonds. The van der Waals surface area contributed by atoms with E-state index in [0.29, 0.717) is 16.9 Å². The molecule has 3 nitrogen and oxygen atoms in total. The summed E-state index contributed by atoms with van der Waals surface area (Å²) >= 11 is 3.35. The number of aliphatic hydroxyl groups is 1. The maximum atomic E-state index is 13.0. The van der Waals surface area contributed by atoms with Crippen LogP contribution in [0.4, 0.5) is 4.39 Å². The quantitative estimate of drug-likeness (QED) is 0.933. The van der Waals surface area contributed by atoms with Crippen LogP contribution in [0.25, 0.3) is 0 Å². The summed E-state index contributed by atoms with van der Waals surface area (Å²) in [7, 11) is 0. The lowest BCUT2D eigenvalue weighted by Gasteiger charge is -2.13. The first-order chi connectivity index (χ1) is 9.06. The number of hydrogen-bond acceptors (Lipinski definition) is 3. The number of hydrogen-bond donors (Lipinski definition) is 1. The normalized spacial score (nSPS) is 12.2. The van der Waals surface area contributed by atoms with Crippen molar-refractivity contribution < 1.29 is 14.2 Å². The highest BCUT2D eigenvalue weighted by atomic mass is 79.9. The molecule has 5 heteroatoms. The molecule has 0 unspecified atom stereocenters. The fourth-order valence-electron chi connectivity index (χ4n) is 1.67. The zero-order valence-corrected chi connectivity index (χ0v) is 11.9. The van der Waals surface area contributed by atoms with E-state index in [4.69, 9.17) is 4.74 Å². The van der Waals surface area contributed by atoms with Crippen molar-refractivity contribution in [2.75, 3.05) is 0 Å². The summed E-state index contributed by atoms with van der Waals surface area (Å²) < 4.78 is 19.5. The Kier molecular flexibility index (Phi) is 4.50. The van der Waals surface area contributed by atoms with Gasteiger partial charge in [0.2, 0.25) is 0 Å². The smallest absolute Gasteiger partial charge is 0.141 e. The lowest BCUT2D eigenvalue weighted by molar-refractivity contribution is 0.190. The van der Waals surface area contributed by atoms with E-state index in [1.165, 1.54) is 6.07 Å². The molecule has 0 bridgehead atoms. The summed E-state index contributed by atoms with van der Waals surface area (Å²) in [4.78, 5) is 3.76. The van der Waals surface area contributed by atoms with E-state index >= 15 is 0 Å². The van der Waals surface area contributed by atoms with E-state index in [1.807, 2.05) is 6.07 Å². The number of aromatic nitrogens is 1. The van der Waals surface area contributed by atoms with Crippen molar-refractivity contribution in [1.82, 2.24) is 4.98 Å². The molecule has 0 fully saturated rings. The Morgan fingerprint density at radius 2 is 2.16 bits per heavy atom. The van der Waals surface area contributed by atoms with Gasteiger partial charge in [0.1, 0.15) is 18.2 Å². The van der Waals surface area contributed by atoms with Gasteiger partial charge < -0.3 is 9.84 Å². The second-order valence-corrected chi connectivity index (χ2v) is 5.07. The average molecular weight is 326 g/mol. The molecular weight excluding hydrogens is 313 g/mol. The van der Waals surface area contributed by atoms with Gasteiger partial charge in [-0.15, -0.1) is 0 Å². The molecule has 0 aliphatic rings. The highest BCUT2D eigenvalue weighted by Gasteiger charge is 2.10. The molecule has 0 aliphatic carbocycles. The Hall–Kier alpha value is -1.46. The van der Waals surface area contributed by atoms with Crippen LogP contribution in [0.2, 0.25) is 0 Å². The monoisotopic (exact) mass is 325 g/mol. The van der Waals surface area contributed by atoms with Gasteiger partial charge in [-0.05, 0) is 25.1 Å². The second kappa shape index (κ2) is 6.12. The van der Waals surface area contributed by atoms with E-state index in [2.05, 4.69) is 20.9 Å². The van der Waals surface area contributed by atoms with E-state index < -0.39 is 11.9 Å². The van der Waals surface area contributed by atoms with Gasteiger partial charge in [0.25, 0.3) is 0 Å². The Morgan fingerprint density at radius 1 is 1.37 bits per heavy atom. The highest BCUT2D eigenvalue weighted by molar-refractivity contribution is 9.10. The van der Waals surface area contributed by atoms with Crippen molar-refractivity contribution in [3.63, 3.8) is 0 Å². The summed E-state index contributed by atoms with van der Waals surface area (Å²) in [5.41, 5.74) is 1.32. The first-order valence-corrected chi connectivity index (χ1v) is 6.55. The number of ether oxygens (including phenoxy) is 1.